The van der Waals surface area contributed by atoms with Crippen molar-refractivity contribution in [3.8, 4) is 5.75 Å². The van der Waals surface area contributed by atoms with Crippen LogP contribution < -0.4 is 0 Å². The quantitative estimate of drug-likeness (QED) is 0.893. The maximum Gasteiger partial charge on any atom is 0.320 e. The third kappa shape index (κ3) is 2.94. The topological polar surface area (TPSA) is 43.8 Å². The van der Waals surface area contributed by atoms with Gasteiger partial charge in [0.25, 0.3) is 0 Å². The maximum atomic E-state index is 12.2. The number of aromatic hydroxyl groups is 1. The van der Waals surface area contributed by atoms with E-state index >= 15 is 0 Å². The lowest BCUT2D eigenvalue weighted by molar-refractivity contribution is 0.153. The summed E-state index contributed by atoms with van der Waals surface area (Å²) in [5, 5.41) is 9.81. The number of carbonyl (C=O) groups excluding carboxylic acids is 1. The highest BCUT2D eigenvalue weighted by Crippen LogP contribution is 2.27. The van der Waals surface area contributed by atoms with Crippen LogP contribution in [0.1, 0.15) is 32.4 Å². The van der Waals surface area contributed by atoms with E-state index in [1.807, 2.05) is 32.9 Å². The molecule has 18 heavy (non-hydrogen) atoms. The molecule has 1 aromatic rings. The Morgan fingerprint density at radius 1 is 1.28 bits per heavy atom. The highest BCUT2D eigenvalue weighted by atomic mass is 16.3. The number of urea groups is 1. The molecule has 2 amide bonds. The van der Waals surface area contributed by atoms with Gasteiger partial charge in [-0.05, 0) is 26.8 Å². The highest BCUT2D eigenvalue weighted by molar-refractivity contribution is 5.74. The van der Waals surface area contributed by atoms with Crippen LogP contribution in [0.4, 0.5) is 4.79 Å². The average molecular weight is 250 g/mol. The van der Waals surface area contributed by atoms with Crippen LogP contribution in [-0.2, 0) is 0 Å². The van der Waals surface area contributed by atoms with Crippen LogP contribution in [0, 0.1) is 0 Å². The van der Waals surface area contributed by atoms with Gasteiger partial charge >= 0.3 is 6.03 Å². The predicted molar refractivity (Wildman–Crippen MR) is 72.6 cm³/mol. The van der Waals surface area contributed by atoms with Crippen LogP contribution in [0.25, 0.3) is 0 Å². The van der Waals surface area contributed by atoms with Crippen molar-refractivity contribution in [2.75, 3.05) is 20.1 Å². The standard InChI is InChI=1S/C14H22N2O2/c1-5-16(6-2)14(18)15(4)11(3)12-9-7-8-10-13(12)17/h7-11,17H,5-6H2,1-4H3. The van der Waals surface area contributed by atoms with E-state index in [2.05, 4.69) is 0 Å². The summed E-state index contributed by atoms with van der Waals surface area (Å²) in [6, 6.07) is 6.95. The number of rotatable bonds is 4. The fourth-order valence-corrected chi connectivity index (χ4v) is 1.93. The Balaban J connectivity index is 2.87. The number of hydrogen-bond acceptors (Lipinski definition) is 2. The summed E-state index contributed by atoms with van der Waals surface area (Å²) in [5.74, 6) is 0.226. The number of nitrogens with zero attached hydrogens (tertiary/aromatic N) is 2. The minimum atomic E-state index is -0.153. The fourth-order valence-electron chi connectivity index (χ4n) is 1.93. The summed E-state index contributed by atoms with van der Waals surface area (Å²) in [5.41, 5.74) is 0.764. The molecule has 0 spiro atoms. The zero-order valence-electron chi connectivity index (χ0n) is 11.6. The van der Waals surface area contributed by atoms with Crippen molar-refractivity contribution in [2.45, 2.75) is 26.8 Å². The van der Waals surface area contributed by atoms with Crippen LogP contribution in [0.5, 0.6) is 5.75 Å². The summed E-state index contributed by atoms with van der Waals surface area (Å²) >= 11 is 0. The molecule has 0 saturated heterocycles. The van der Waals surface area contributed by atoms with Gasteiger partial charge in [0.05, 0.1) is 6.04 Å². The number of para-hydroxylation sites is 1. The van der Waals surface area contributed by atoms with Gasteiger partial charge in [-0.2, -0.15) is 0 Å². The first kappa shape index (κ1) is 14.4. The summed E-state index contributed by atoms with van der Waals surface area (Å²) in [6.07, 6.45) is 0. The van der Waals surface area contributed by atoms with E-state index in [1.54, 1.807) is 29.0 Å². The Morgan fingerprint density at radius 3 is 2.33 bits per heavy atom. The van der Waals surface area contributed by atoms with Crippen molar-refractivity contribution < 1.29 is 9.90 Å². The molecule has 0 aliphatic rings. The molecule has 100 valence electrons. The Kier molecular flexibility index (Phi) is 5.01. The largest absolute Gasteiger partial charge is 0.508 e. The average Bonchev–Trinajstić information content (AvgIpc) is 2.39. The second-order valence-electron chi connectivity index (χ2n) is 4.30. The maximum absolute atomic E-state index is 12.2. The second kappa shape index (κ2) is 6.28. The molecule has 0 fully saturated rings. The molecular formula is C14H22N2O2. The molecule has 0 bridgehead atoms. The van der Waals surface area contributed by atoms with E-state index in [-0.39, 0.29) is 17.8 Å². The van der Waals surface area contributed by atoms with E-state index < -0.39 is 0 Å². The number of carbonyl (C=O) groups is 1. The van der Waals surface area contributed by atoms with E-state index in [1.165, 1.54) is 0 Å². The summed E-state index contributed by atoms with van der Waals surface area (Å²) in [6.45, 7) is 7.20. The van der Waals surface area contributed by atoms with Crippen molar-refractivity contribution in [2.24, 2.45) is 0 Å². The molecule has 0 aliphatic heterocycles. The normalized spacial score (nSPS) is 12.0. The molecule has 0 aromatic heterocycles. The van der Waals surface area contributed by atoms with Crippen molar-refractivity contribution in [1.82, 2.24) is 9.80 Å². The number of phenols is 1. The molecule has 4 nitrogen and oxygen atoms in total. The van der Waals surface area contributed by atoms with Crippen LogP contribution in [0.15, 0.2) is 24.3 Å². The minimum Gasteiger partial charge on any atom is -0.508 e. The smallest absolute Gasteiger partial charge is 0.320 e. The van der Waals surface area contributed by atoms with Gasteiger partial charge in [0.15, 0.2) is 0 Å². The summed E-state index contributed by atoms with van der Waals surface area (Å²) < 4.78 is 0. The van der Waals surface area contributed by atoms with E-state index in [9.17, 15) is 9.90 Å². The molecule has 1 unspecified atom stereocenters. The third-order valence-corrected chi connectivity index (χ3v) is 3.30. The van der Waals surface area contributed by atoms with E-state index in [0.29, 0.717) is 13.1 Å². The minimum absolute atomic E-state index is 0.0178. The molecule has 0 aliphatic carbocycles. The van der Waals surface area contributed by atoms with Crippen molar-refractivity contribution >= 4 is 6.03 Å². The lowest BCUT2D eigenvalue weighted by atomic mass is 10.1. The van der Waals surface area contributed by atoms with Gasteiger partial charge in [0.1, 0.15) is 5.75 Å². The molecule has 0 saturated carbocycles. The molecule has 1 N–H and O–H groups in total. The van der Waals surface area contributed by atoms with Gasteiger partial charge in [-0.1, -0.05) is 18.2 Å². The monoisotopic (exact) mass is 250 g/mol. The third-order valence-electron chi connectivity index (χ3n) is 3.30. The summed E-state index contributed by atoms with van der Waals surface area (Å²) in [4.78, 5) is 15.6. The zero-order chi connectivity index (χ0) is 13.7. The first-order chi connectivity index (χ1) is 8.52. The number of benzene rings is 1. The van der Waals surface area contributed by atoms with Crippen molar-refractivity contribution in [3.05, 3.63) is 29.8 Å². The molecule has 4 heteroatoms. The fraction of sp³-hybridized carbons (Fsp3) is 0.500. The number of hydrogen-bond donors (Lipinski definition) is 1. The Bertz CT molecular complexity index is 403. The highest BCUT2D eigenvalue weighted by Gasteiger charge is 2.22. The Labute approximate surface area is 109 Å². The van der Waals surface area contributed by atoms with Gasteiger partial charge in [-0.25, -0.2) is 4.79 Å². The van der Waals surface area contributed by atoms with Gasteiger partial charge in [0, 0.05) is 25.7 Å². The van der Waals surface area contributed by atoms with Gasteiger partial charge < -0.3 is 14.9 Å². The van der Waals surface area contributed by atoms with E-state index in [4.69, 9.17) is 0 Å². The first-order valence-electron chi connectivity index (χ1n) is 6.32. The molecule has 0 radical (unpaired) electrons. The summed E-state index contributed by atoms with van der Waals surface area (Å²) in [7, 11) is 1.76. The SMILES string of the molecule is CCN(CC)C(=O)N(C)C(C)c1ccccc1O. The lowest BCUT2D eigenvalue weighted by Gasteiger charge is -2.31. The van der Waals surface area contributed by atoms with Gasteiger partial charge in [0.2, 0.25) is 0 Å². The predicted octanol–water partition coefficient (Wildman–Crippen LogP) is 2.85. The van der Waals surface area contributed by atoms with Crippen LogP contribution in [0.3, 0.4) is 0 Å². The Hall–Kier alpha value is -1.71. The number of phenolic OH excluding ortho intramolecular Hbond substituents is 1. The van der Waals surface area contributed by atoms with E-state index in [0.717, 1.165) is 5.56 Å². The van der Waals surface area contributed by atoms with Crippen LogP contribution in [0.2, 0.25) is 0 Å². The van der Waals surface area contributed by atoms with Crippen molar-refractivity contribution in [1.29, 1.82) is 0 Å². The molecule has 1 aromatic carbocycles. The lowest BCUT2D eigenvalue weighted by Crippen LogP contribution is -2.42. The van der Waals surface area contributed by atoms with Crippen LogP contribution in [-0.4, -0.2) is 41.1 Å². The van der Waals surface area contributed by atoms with Crippen LogP contribution >= 0.6 is 0 Å². The zero-order valence-corrected chi connectivity index (χ0v) is 11.6. The second-order valence-corrected chi connectivity index (χ2v) is 4.30. The molecule has 0 heterocycles. The first-order valence-corrected chi connectivity index (χ1v) is 6.32. The molecule has 1 rings (SSSR count). The molecular weight excluding hydrogens is 228 g/mol. The number of amides is 2. The van der Waals surface area contributed by atoms with Crippen molar-refractivity contribution in [3.63, 3.8) is 0 Å². The van der Waals surface area contributed by atoms with Gasteiger partial charge in [-0.15, -0.1) is 0 Å². The Morgan fingerprint density at radius 2 is 1.83 bits per heavy atom. The molecule has 1 atom stereocenters. The van der Waals surface area contributed by atoms with Gasteiger partial charge in [-0.3, -0.25) is 0 Å².